The third-order valence-electron chi connectivity index (χ3n) is 7.43. The maximum Gasteiger partial charge on any atom is 0.159 e. The van der Waals surface area contributed by atoms with Gasteiger partial charge in [0.25, 0.3) is 0 Å². The number of likely N-dealkylation sites (tertiary alicyclic amines) is 1. The predicted octanol–water partition coefficient (Wildman–Crippen LogP) is 3.95. The number of halogens is 1. The van der Waals surface area contributed by atoms with Gasteiger partial charge in [0.2, 0.25) is 0 Å². The number of anilines is 2. The quantitative estimate of drug-likeness (QED) is 0.402. The van der Waals surface area contributed by atoms with Crippen molar-refractivity contribution in [1.82, 2.24) is 24.8 Å². The van der Waals surface area contributed by atoms with E-state index in [9.17, 15) is 0 Å². The SMILES string of the molecule is COCCN1CCN(c2ccc(-c3nc4c(NC5CCN(CCC#N)CC5)c(Br)cnc4[nH]3)cc2)CC1. The summed E-state index contributed by atoms with van der Waals surface area (Å²) in [6, 6.07) is 11.3. The molecule has 0 bridgehead atoms. The third-order valence-corrected chi connectivity index (χ3v) is 8.03. The van der Waals surface area contributed by atoms with Gasteiger partial charge in [0.1, 0.15) is 11.3 Å². The highest BCUT2D eigenvalue weighted by molar-refractivity contribution is 9.10. The van der Waals surface area contributed by atoms with Crippen molar-refractivity contribution in [2.75, 3.05) is 76.3 Å². The first-order valence-corrected chi connectivity index (χ1v) is 13.9. The van der Waals surface area contributed by atoms with Gasteiger partial charge in [-0.05, 0) is 53.0 Å². The molecule has 3 aromatic rings. The number of ether oxygens (including phenoxy) is 1. The minimum atomic E-state index is 0.370. The Bertz CT molecular complexity index is 1210. The van der Waals surface area contributed by atoms with E-state index in [4.69, 9.17) is 15.0 Å². The van der Waals surface area contributed by atoms with Crippen LogP contribution in [0.1, 0.15) is 19.3 Å². The Morgan fingerprint density at radius 1 is 1.08 bits per heavy atom. The minimum Gasteiger partial charge on any atom is -0.383 e. The Morgan fingerprint density at radius 3 is 2.51 bits per heavy atom. The molecule has 0 unspecified atom stereocenters. The molecule has 10 heteroatoms. The highest BCUT2D eigenvalue weighted by Gasteiger charge is 2.22. The number of pyridine rings is 1. The van der Waals surface area contributed by atoms with Crippen LogP contribution in [0.4, 0.5) is 11.4 Å². The largest absolute Gasteiger partial charge is 0.383 e. The van der Waals surface area contributed by atoms with E-state index in [0.717, 1.165) is 105 Å². The van der Waals surface area contributed by atoms with Crippen LogP contribution < -0.4 is 10.2 Å². The van der Waals surface area contributed by atoms with E-state index >= 15 is 0 Å². The number of nitrogens with one attached hydrogen (secondary N) is 2. The molecule has 0 amide bonds. The highest BCUT2D eigenvalue weighted by atomic mass is 79.9. The molecular formula is C27H35BrN8O. The smallest absolute Gasteiger partial charge is 0.159 e. The summed E-state index contributed by atoms with van der Waals surface area (Å²) in [5.74, 6) is 0.825. The number of piperidine rings is 1. The molecule has 0 atom stereocenters. The van der Waals surface area contributed by atoms with Crippen LogP contribution in [0, 0.1) is 11.3 Å². The molecule has 0 spiro atoms. The lowest BCUT2D eigenvalue weighted by Crippen LogP contribution is -2.47. The van der Waals surface area contributed by atoms with Crippen LogP contribution in [0.25, 0.3) is 22.6 Å². The van der Waals surface area contributed by atoms with E-state index < -0.39 is 0 Å². The molecule has 37 heavy (non-hydrogen) atoms. The van der Waals surface area contributed by atoms with E-state index in [1.54, 1.807) is 7.11 Å². The first-order valence-electron chi connectivity index (χ1n) is 13.1. The lowest BCUT2D eigenvalue weighted by atomic mass is 10.0. The molecule has 2 aromatic heterocycles. The van der Waals surface area contributed by atoms with E-state index in [0.29, 0.717) is 12.5 Å². The van der Waals surface area contributed by atoms with Gasteiger partial charge in [-0.1, -0.05) is 0 Å². The van der Waals surface area contributed by atoms with Crippen molar-refractivity contribution in [3.8, 4) is 17.5 Å². The number of H-pyrrole nitrogens is 1. The number of methoxy groups -OCH3 is 1. The molecule has 0 radical (unpaired) electrons. The van der Waals surface area contributed by atoms with Crippen molar-refractivity contribution in [1.29, 1.82) is 5.26 Å². The summed E-state index contributed by atoms with van der Waals surface area (Å²) >= 11 is 3.69. The summed E-state index contributed by atoms with van der Waals surface area (Å²) in [6.45, 7) is 8.83. The molecule has 9 nitrogen and oxygen atoms in total. The fourth-order valence-corrected chi connectivity index (χ4v) is 5.60. The summed E-state index contributed by atoms with van der Waals surface area (Å²) in [5, 5.41) is 12.6. The number of benzene rings is 1. The number of fused-ring (bicyclic) bond motifs is 1. The molecule has 4 heterocycles. The fourth-order valence-electron chi connectivity index (χ4n) is 5.20. The van der Waals surface area contributed by atoms with E-state index in [2.05, 4.69) is 76.2 Å². The van der Waals surface area contributed by atoms with Crippen LogP contribution in [-0.4, -0.2) is 96.9 Å². The first kappa shape index (κ1) is 25.9. The van der Waals surface area contributed by atoms with Gasteiger partial charge in [-0.3, -0.25) is 4.90 Å². The molecule has 2 N–H and O–H groups in total. The van der Waals surface area contributed by atoms with Crippen molar-refractivity contribution in [3.63, 3.8) is 0 Å². The monoisotopic (exact) mass is 566 g/mol. The number of nitrogens with zero attached hydrogens (tertiary/aromatic N) is 6. The first-order chi connectivity index (χ1) is 18.1. The number of rotatable bonds is 9. The topological polar surface area (TPSA) is 96.3 Å². The summed E-state index contributed by atoms with van der Waals surface area (Å²) in [6.07, 6.45) is 4.52. The number of aromatic nitrogens is 3. The van der Waals surface area contributed by atoms with Crippen molar-refractivity contribution in [2.24, 2.45) is 0 Å². The van der Waals surface area contributed by atoms with Crippen LogP contribution in [-0.2, 0) is 4.74 Å². The average Bonchev–Trinajstić information content (AvgIpc) is 3.38. The zero-order valence-corrected chi connectivity index (χ0v) is 23.0. The number of piperazine rings is 1. The number of imidazole rings is 1. The number of hydrogen-bond donors (Lipinski definition) is 2. The summed E-state index contributed by atoms with van der Waals surface area (Å²) < 4.78 is 6.14. The summed E-state index contributed by atoms with van der Waals surface area (Å²) in [4.78, 5) is 20.2. The standard InChI is InChI=1S/C27H35BrN8O/c1-37-18-17-35-13-15-36(16-14-35)22-5-3-20(4-6-22)26-32-25-24(23(28)19-30-27(25)33-26)31-21-7-11-34(12-8-21)10-2-9-29/h3-6,19,21H,2,7-8,10-18H2,1H3,(H2,30,31,32,33). The molecule has 2 aliphatic heterocycles. The molecule has 2 saturated heterocycles. The van der Waals surface area contributed by atoms with Gasteiger partial charge in [0, 0.05) is 89.4 Å². The Labute approximate surface area is 226 Å². The molecule has 1 aromatic carbocycles. The van der Waals surface area contributed by atoms with Crippen LogP contribution in [0.3, 0.4) is 0 Å². The zero-order valence-electron chi connectivity index (χ0n) is 21.4. The lowest BCUT2D eigenvalue weighted by molar-refractivity contribution is 0.144. The summed E-state index contributed by atoms with van der Waals surface area (Å²) in [5.41, 5.74) is 4.92. The van der Waals surface area contributed by atoms with Crippen molar-refractivity contribution in [3.05, 3.63) is 34.9 Å². The number of nitriles is 1. The van der Waals surface area contributed by atoms with Gasteiger partial charge < -0.3 is 24.8 Å². The number of aromatic amines is 1. The maximum atomic E-state index is 8.85. The van der Waals surface area contributed by atoms with Crippen LogP contribution in [0.5, 0.6) is 0 Å². The minimum absolute atomic E-state index is 0.370. The molecule has 2 fully saturated rings. The summed E-state index contributed by atoms with van der Waals surface area (Å²) in [7, 11) is 1.76. The zero-order chi connectivity index (χ0) is 25.6. The molecule has 0 saturated carbocycles. The Hall–Kier alpha value is -2.71. The Morgan fingerprint density at radius 2 is 1.81 bits per heavy atom. The van der Waals surface area contributed by atoms with Gasteiger partial charge in [0.05, 0.1) is 22.8 Å². The Kier molecular flexibility index (Phi) is 8.56. The van der Waals surface area contributed by atoms with Crippen molar-refractivity contribution >= 4 is 38.5 Å². The van der Waals surface area contributed by atoms with Gasteiger partial charge in [-0.15, -0.1) is 0 Å². The molecule has 0 aliphatic carbocycles. The van der Waals surface area contributed by atoms with Gasteiger partial charge in [0.15, 0.2) is 5.65 Å². The van der Waals surface area contributed by atoms with Crippen LogP contribution in [0.15, 0.2) is 34.9 Å². The Balaban J connectivity index is 1.25. The molecule has 196 valence electrons. The third kappa shape index (κ3) is 6.24. The second kappa shape index (κ2) is 12.2. The van der Waals surface area contributed by atoms with Crippen LogP contribution >= 0.6 is 15.9 Å². The van der Waals surface area contributed by atoms with Crippen molar-refractivity contribution < 1.29 is 4.74 Å². The van der Waals surface area contributed by atoms with E-state index in [-0.39, 0.29) is 0 Å². The lowest BCUT2D eigenvalue weighted by Gasteiger charge is -2.36. The second-order valence-corrected chi connectivity index (χ2v) is 10.7. The van der Waals surface area contributed by atoms with Gasteiger partial charge >= 0.3 is 0 Å². The average molecular weight is 568 g/mol. The van der Waals surface area contributed by atoms with Crippen LogP contribution in [0.2, 0.25) is 0 Å². The van der Waals surface area contributed by atoms with Crippen molar-refractivity contribution in [2.45, 2.75) is 25.3 Å². The highest BCUT2D eigenvalue weighted by Crippen LogP contribution is 2.33. The van der Waals surface area contributed by atoms with Gasteiger partial charge in [-0.25, -0.2) is 9.97 Å². The molecule has 2 aliphatic rings. The fraction of sp³-hybridized carbons (Fsp3) is 0.519. The molecular weight excluding hydrogens is 532 g/mol. The number of hydrogen-bond acceptors (Lipinski definition) is 8. The second-order valence-electron chi connectivity index (χ2n) is 9.80. The normalized spacial score (nSPS) is 17.8. The van der Waals surface area contributed by atoms with E-state index in [1.165, 1.54) is 5.69 Å². The molecule has 5 rings (SSSR count). The van der Waals surface area contributed by atoms with E-state index in [1.807, 2.05) is 6.20 Å². The maximum absolute atomic E-state index is 8.85. The predicted molar refractivity (Wildman–Crippen MR) is 151 cm³/mol. The van der Waals surface area contributed by atoms with Gasteiger partial charge in [-0.2, -0.15) is 5.26 Å².